The van der Waals surface area contributed by atoms with Crippen LogP contribution in [-0.2, 0) is 14.3 Å². The number of carbonyl (C=O) groups is 1. The standard InChI is InChI=1S/C21H29N3O3S/c1-16-6-7-17(2)19(13-16)24-10-9-23-21(24)28-15-20(25)22-8-4-11-26-14-18-5-3-12-27-18/h6-7,9-10,13,18H,3-5,8,11-12,14-15H2,1-2H3,(H,22,25). The molecular formula is C21H29N3O3S. The maximum atomic E-state index is 12.1. The van der Waals surface area contributed by atoms with Crippen LogP contribution in [0.1, 0.15) is 30.4 Å². The minimum absolute atomic E-state index is 0.0136. The van der Waals surface area contributed by atoms with E-state index in [1.807, 2.05) is 10.8 Å². The maximum Gasteiger partial charge on any atom is 0.230 e. The molecule has 3 rings (SSSR count). The van der Waals surface area contributed by atoms with Crippen molar-refractivity contribution in [2.75, 3.05) is 32.1 Å². The maximum absolute atomic E-state index is 12.1. The van der Waals surface area contributed by atoms with E-state index in [1.165, 1.54) is 22.9 Å². The Hall–Kier alpha value is -1.83. The fourth-order valence-electron chi connectivity index (χ4n) is 3.13. The first kappa shape index (κ1) is 20.9. The van der Waals surface area contributed by atoms with Gasteiger partial charge >= 0.3 is 0 Å². The average molecular weight is 404 g/mol. The molecule has 2 aromatic rings. The van der Waals surface area contributed by atoms with E-state index in [2.05, 4.69) is 42.3 Å². The number of aromatic nitrogens is 2. The molecule has 0 bridgehead atoms. The number of aryl methyl sites for hydroxylation is 2. The van der Waals surface area contributed by atoms with Gasteiger partial charge in [-0.1, -0.05) is 23.9 Å². The quantitative estimate of drug-likeness (QED) is 0.487. The van der Waals surface area contributed by atoms with E-state index in [0.29, 0.717) is 25.5 Å². The van der Waals surface area contributed by atoms with Crippen molar-refractivity contribution < 1.29 is 14.3 Å². The zero-order chi connectivity index (χ0) is 19.8. The third-order valence-electron chi connectivity index (χ3n) is 4.68. The average Bonchev–Trinajstić information content (AvgIpc) is 3.36. The van der Waals surface area contributed by atoms with Crippen molar-refractivity contribution in [1.29, 1.82) is 0 Å². The number of nitrogens with one attached hydrogen (secondary N) is 1. The number of hydrogen-bond acceptors (Lipinski definition) is 5. The number of imidazole rings is 1. The Bertz CT molecular complexity index is 772. The lowest BCUT2D eigenvalue weighted by Crippen LogP contribution is -2.27. The van der Waals surface area contributed by atoms with Gasteiger partial charge in [-0.3, -0.25) is 9.36 Å². The smallest absolute Gasteiger partial charge is 0.230 e. The van der Waals surface area contributed by atoms with Gasteiger partial charge in [0.2, 0.25) is 5.91 Å². The summed E-state index contributed by atoms with van der Waals surface area (Å²) in [5.41, 5.74) is 3.48. The Balaban J connectivity index is 1.37. The molecule has 1 aliphatic rings. The topological polar surface area (TPSA) is 65.4 Å². The predicted octanol–water partition coefficient (Wildman–Crippen LogP) is 3.28. The number of thioether (sulfide) groups is 1. The fraction of sp³-hybridized carbons (Fsp3) is 0.524. The fourth-order valence-corrected chi connectivity index (χ4v) is 3.93. The molecule has 1 aromatic carbocycles. The second-order valence-electron chi connectivity index (χ2n) is 7.07. The summed E-state index contributed by atoms with van der Waals surface area (Å²) in [5, 5.41) is 3.77. The highest BCUT2D eigenvalue weighted by atomic mass is 32.2. The van der Waals surface area contributed by atoms with Gasteiger partial charge in [-0.25, -0.2) is 4.98 Å². The Morgan fingerprint density at radius 2 is 2.32 bits per heavy atom. The van der Waals surface area contributed by atoms with Gasteiger partial charge in [0.15, 0.2) is 5.16 Å². The largest absolute Gasteiger partial charge is 0.379 e. The van der Waals surface area contributed by atoms with Crippen molar-refractivity contribution in [3.63, 3.8) is 0 Å². The third kappa shape index (κ3) is 6.09. The van der Waals surface area contributed by atoms with Gasteiger partial charge in [-0.05, 0) is 50.3 Å². The first-order valence-corrected chi connectivity index (χ1v) is 10.8. The summed E-state index contributed by atoms with van der Waals surface area (Å²) in [6.07, 6.45) is 6.99. The minimum atomic E-state index is 0.0136. The molecule has 0 radical (unpaired) electrons. The van der Waals surface area contributed by atoms with Crippen LogP contribution in [0.25, 0.3) is 5.69 Å². The molecule has 1 saturated heterocycles. The normalized spacial score (nSPS) is 16.4. The third-order valence-corrected chi connectivity index (χ3v) is 5.65. The SMILES string of the molecule is Cc1ccc(C)c(-n2ccnc2SCC(=O)NCCCOCC2CCCO2)c1. The Morgan fingerprint density at radius 3 is 3.14 bits per heavy atom. The molecule has 0 spiro atoms. The Labute approximate surface area is 171 Å². The van der Waals surface area contributed by atoms with Gasteiger partial charge in [0.1, 0.15) is 0 Å². The van der Waals surface area contributed by atoms with Crippen LogP contribution in [0.3, 0.4) is 0 Å². The highest BCUT2D eigenvalue weighted by Crippen LogP contribution is 2.23. The van der Waals surface area contributed by atoms with Crippen molar-refractivity contribution >= 4 is 17.7 Å². The van der Waals surface area contributed by atoms with Crippen molar-refractivity contribution in [2.24, 2.45) is 0 Å². The number of hydrogen-bond donors (Lipinski definition) is 1. The van der Waals surface area contributed by atoms with E-state index >= 15 is 0 Å². The lowest BCUT2D eigenvalue weighted by atomic mass is 10.1. The number of benzene rings is 1. The molecule has 1 atom stereocenters. The van der Waals surface area contributed by atoms with Gasteiger partial charge < -0.3 is 14.8 Å². The molecule has 0 aliphatic carbocycles. The van der Waals surface area contributed by atoms with Gasteiger partial charge in [-0.2, -0.15) is 0 Å². The van der Waals surface area contributed by atoms with Gasteiger partial charge in [0.05, 0.1) is 24.2 Å². The number of amides is 1. The van der Waals surface area contributed by atoms with E-state index in [-0.39, 0.29) is 12.0 Å². The molecule has 2 heterocycles. The summed E-state index contributed by atoms with van der Waals surface area (Å²) in [6.45, 7) is 6.93. The zero-order valence-electron chi connectivity index (χ0n) is 16.6. The molecule has 0 saturated carbocycles. The molecule has 1 aromatic heterocycles. The molecule has 1 amide bonds. The number of ether oxygens (including phenoxy) is 2. The van der Waals surface area contributed by atoms with E-state index in [4.69, 9.17) is 9.47 Å². The second kappa shape index (κ2) is 10.6. The molecule has 1 aliphatic heterocycles. The van der Waals surface area contributed by atoms with Crippen LogP contribution in [0.2, 0.25) is 0 Å². The number of carbonyl (C=O) groups excluding carboxylic acids is 1. The number of nitrogens with zero attached hydrogens (tertiary/aromatic N) is 2. The molecule has 28 heavy (non-hydrogen) atoms. The molecule has 1 N–H and O–H groups in total. The summed E-state index contributed by atoms with van der Waals surface area (Å²) in [4.78, 5) is 16.5. The molecule has 7 heteroatoms. The first-order chi connectivity index (χ1) is 13.6. The van der Waals surface area contributed by atoms with E-state index in [9.17, 15) is 4.79 Å². The zero-order valence-corrected chi connectivity index (χ0v) is 17.5. The van der Waals surface area contributed by atoms with Crippen LogP contribution in [0, 0.1) is 13.8 Å². The molecule has 1 unspecified atom stereocenters. The van der Waals surface area contributed by atoms with Crippen LogP contribution in [0.15, 0.2) is 35.7 Å². The summed E-state index contributed by atoms with van der Waals surface area (Å²) >= 11 is 1.45. The van der Waals surface area contributed by atoms with E-state index in [1.54, 1.807) is 6.20 Å². The lowest BCUT2D eigenvalue weighted by molar-refractivity contribution is -0.118. The van der Waals surface area contributed by atoms with Crippen molar-refractivity contribution in [3.05, 3.63) is 41.7 Å². The van der Waals surface area contributed by atoms with Crippen molar-refractivity contribution in [3.8, 4) is 5.69 Å². The Kier molecular flexibility index (Phi) is 7.94. The summed E-state index contributed by atoms with van der Waals surface area (Å²) in [6, 6.07) is 6.34. The first-order valence-electron chi connectivity index (χ1n) is 9.83. The highest BCUT2D eigenvalue weighted by molar-refractivity contribution is 7.99. The number of rotatable bonds is 10. The Morgan fingerprint density at radius 1 is 1.43 bits per heavy atom. The van der Waals surface area contributed by atoms with Crippen LogP contribution >= 0.6 is 11.8 Å². The van der Waals surface area contributed by atoms with Crippen LogP contribution in [0.4, 0.5) is 0 Å². The van der Waals surface area contributed by atoms with Crippen LogP contribution in [0.5, 0.6) is 0 Å². The minimum Gasteiger partial charge on any atom is -0.379 e. The van der Waals surface area contributed by atoms with E-state index < -0.39 is 0 Å². The van der Waals surface area contributed by atoms with Crippen LogP contribution in [-0.4, -0.2) is 53.7 Å². The van der Waals surface area contributed by atoms with Gasteiger partial charge in [0.25, 0.3) is 0 Å². The lowest BCUT2D eigenvalue weighted by Gasteiger charge is -2.12. The predicted molar refractivity (Wildman–Crippen MR) is 111 cm³/mol. The second-order valence-corrected chi connectivity index (χ2v) is 8.01. The molecular weight excluding hydrogens is 374 g/mol. The van der Waals surface area contributed by atoms with E-state index in [0.717, 1.165) is 36.7 Å². The molecule has 6 nitrogen and oxygen atoms in total. The summed E-state index contributed by atoms with van der Waals surface area (Å²) < 4.78 is 13.2. The van der Waals surface area contributed by atoms with Crippen molar-refractivity contribution in [2.45, 2.75) is 44.4 Å². The van der Waals surface area contributed by atoms with Gasteiger partial charge in [-0.15, -0.1) is 0 Å². The highest BCUT2D eigenvalue weighted by Gasteiger charge is 2.15. The van der Waals surface area contributed by atoms with Crippen LogP contribution < -0.4 is 5.32 Å². The van der Waals surface area contributed by atoms with Gasteiger partial charge in [0, 0.05) is 32.2 Å². The summed E-state index contributed by atoms with van der Waals surface area (Å²) in [5.74, 6) is 0.359. The summed E-state index contributed by atoms with van der Waals surface area (Å²) in [7, 11) is 0. The van der Waals surface area contributed by atoms with Crippen molar-refractivity contribution in [1.82, 2.24) is 14.9 Å². The molecule has 152 valence electrons. The molecule has 1 fully saturated rings. The monoisotopic (exact) mass is 403 g/mol.